The maximum absolute atomic E-state index is 10.5. The van der Waals surface area contributed by atoms with Gasteiger partial charge in [-0.25, -0.2) is 0 Å². The minimum Gasteiger partial charge on any atom is -0.388 e. The summed E-state index contributed by atoms with van der Waals surface area (Å²) in [7, 11) is 0. The van der Waals surface area contributed by atoms with Gasteiger partial charge < -0.3 is 5.11 Å². The molecule has 2 rings (SSSR count). The summed E-state index contributed by atoms with van der Waals surface area (Å²) in [5, 5.41) is 10.2. The van der Waals surface area contributed by atoms with Crippen LogP contribution in [-0.2, 0) is 0 Å². The third-order valence-electron chi connectivity index (χ3n) is 3.13. The number of hydrogen-bond acceptors (Lipinski definition) is 3. The zero-order valence-corrected chi connectivity index (χ0v) is 9.95. The molecule has 0 aromatic heterocycles. The van der Waals surface area contributed by atoms with Crippen LogP contribution in [-0.4, -0.2) is 22.9 Å². The first kappa shape index (κ1) is 11.7. The lowest BCUT2D eigenvalue weighted by Crippen LogP contribution is -2.18. The fourth-order valence-corrected chi connectivity index (χ4v) is 3.22. The molecule has 0 aliphatic carbocycles. The van der Waals surface area contributed by atoms with Crippen molar-refractivity contribution < 1.29 is 9.90 Å². The summed E-state index contributed by atoms with van der Waals surface area (Å²) < 4.78 is 0. The molecule has 1 unspecified atom stereocenters. The highest BCUT2D eigenvalue weighted by Gasteiger charge is 2.22. The number of carbonyl (C=O) groups excluding carboxylic acids is 1. The van der Waals surface area contributed by atoms with Gasteiger partial charge in [-0.15, -0.1) is 0 Å². The molecule has 1 heterocycles. The van der Waals surface area contributed by atoms with E-state index in [4.69, 9.17) is 0 Å². The lowest BCUT2D eigenvalue weighted by molar-refractivity contribution is 0.103. The van der Waals surface area contributed by atoms with Crippen LogP contribution in [0.4, 0.5) is 0 Å². The molecule has 16 heavy (non-hydrogen) atoms. The molecule has 2 nitrogen and oxygen atoms in total. The predicted octanol–water partition coefficient (Wildman–Crippen LogP) is 2.68. The summed E-state index contributed by atoms with van der Waals surface area (Å²) in [6.45, 7) is 0. The summed E-state index contributed by atoms with van der Waals surface area (Å²) in [6.07, 6.45) is 2.62. The molecule has 3 heteroatoms. The summed E-state index contributed by atoms with van der Waals surface area (Å²) >= 11 is 1.96. The fraction of sp³-hybridized carbons (Fsp3) is 0.462. The average molecular weight is 236 g/mol. The van der Waals surface area contributed by atoms with Gasteiger partial charge in [-0.1, -0.05) is 24.3 Å². The highest BCUT2D eigenvalue weighted by Crippen LogP contribution is 2.33. The first-order valence-corrected chi connectivity index (χ1v) is 6.77. The molecule has 1 fully saturated rings. The second-order valence-electron chi connectivity index (χ2n) is 4.18. The van der Waals surface area contributed by atoms with Gasteiger partial charge in [0.2, 0.25) is 0 Å². The van der Waals surface area contributed by atoms with Crippen molar-refractivity contribution >= 4 is 18.0 Å². The van der Waals surface area contributed by atoms with Gasteiger partial charge in [-0.3, -0.25) is 4.79 Å². The first-order valence-electron chi connectivity index (χ1n) is 5.62. The van der Waals surface area contributed by atoms with Gasteiger partial charge in [-0.2, -0.15) is 11.8 Å². The number of aliphatic hydroxyl groups excluding tert-OH is 1. The van der Waals surface area contributed by atoms with Crippen LogP contribution in [0.5, 0.6) is 0 Å². The molecule has 1 aliphatic heterocycles. The van der Waals surface area contributed by atoms with Crippen LogP contribution in [0.2, 0.25) is 0 Å². The predicted molar refractivity (Wildman–Crippen MR) is 66.8 cm³/mol. The number of rotatable bonds is 3. The van der Waals surface area contributed by atoms with Crippen LogP contribution >= 0.6 is 11.8 Å². The van der Waals surface area contributed by atoms with Crippen LogP contribution in [0.15, 0.2) is 24.3 Å². The lowest BCUT2D eigenvalue weighted by atomic mass is 9.90. The fourth-order valence-electron chi connectivity index (χ4n) is 2.08. The Morgan fingerprint density at radius 1 is 1.25 bits per heavy atom. The zero-order valence-electron chi connectivity index (χ0n) is 9.13. The van der Waals surface area contributed by atoms with E-state index in [1.165, 1.54) is 0 Å². The third-order valence-corrected chi connectivity index (χ3v) is 4.18. The van der Waals surface area contributed by atoms with E-state index in [1.807, 2.05) is 23.9 Å². The molecule has 0 spiro atoms. The Hall–Kier alpha value is -0.800. The molecule has 0 bridgehead atoms. The topological polar surface area (TPSA) is 37.3 Å². The smallest absolute Gasteiger partial charge is 0.150 e. The molecule has 1 aromatic rings. The molecule has 0 saturated carbocycles. The number of benzene rings is 1. The van der Waals surface area contributed by atoms with Gasteiger partial charge in [0, 0.05) is 5.56 Å². The van der Waals surface area contributed by atoms with Crippen LogP contribution in [0.3, 0.4) is 0 Å². The highest BCUT2D eigenvalue weighted by molar-refractivity contribution is 7.99. The van der Waals surface area contributed by atoms with E-state index in [1.54, 1.807) is 12.1 Å². The minimum absolute atomic E-state index is 0.374. The molecule has 1 atom stereocenters. The van der Waals surface area contributed by atoms with Gasteiger partial charge in [0.05, 0.1) is 6.10 Å². The quantitative estimate of drug-likeness (QED) is 0.820. The van der Waals surface area contributed by atoms with Gasteiger partial charge in [0.15, 0.2) is 0 Å². The Kier molecular flexibility index (Phi) is 4.02. The van der Waals surface area contributed by atoms with E-state index in [9.17, 15) is 9.90 Å². The van der Waals surface area contributed by atoms with Crippen molar-refractivity contribution in [1.29, 1.82) is 0 Å². The summed E-state index contributed by atoms with van der Waals surface area (Å²) in [4.78, 5) is 10.5. The monoisotopic (exact) mass is 236 g/mol. The zero-order chi connectivity index (χ0) is 11.4. The SMILES string of the molecule is O=Cc1ccc(C(O)C2CCSCC2)cc1. The Bertz CT molecular complexity index is 341. The van der Waals surface area contributed by atoms with E-state index >= 15 is 0 Å². The van der Waals surface area contributed by atoms with E-state index < -0.39 is 0 Å². The van der Waals surface area contributed by atoms with Crippen molar-refractivity contribution in [2.75, 3.05) is 11.5 Å². The van der Waals surface area contributed by atoms with Crippen molar-refractivity contribution in [3.63, 3.8) is 0 Å². The van der Waals surface area contributed by atoms with Crippen molar-refractivity contribution in [1.82, 2.24) is 0 Å². The van der Waals surface area contributed by atoms with Crippen molar-refractivity contribution in [3.05, 3.63) is 35.4 Å². The summed E-state index contributed by atoms with van der Waals surface area (Å²) in [6, 6.07) is 7.25. The molecule has 0 radical (unpaired) electrons. The number of thioether (sulfide) groups is 1. The largest absolute Gasteiger partial charge is 0.388 e. The van der Waals surface area contributed by atoms with E-state index in [0.717, 1.165) is 36.2 Å². The second kappa shape index (κ2) is 5.51. The highest BCUT2D eigenvalue weighted by atomic mass is 32.2. The van der Waals surface area contributed by atoms with Gasteiger partial charge >= 0.3 is 0 Å². The van der Waals surface area contributed by atoms with E-state index in [-0.39, 0.29) is 6.10 Å². The van der Waals surface area contributed by atoms with Crippen molar-refractivity contribution in [3.8, 4) is 0 Å². The summed E-state index contributed by atoms with van der Waals surface area (Å²) in [5.74, 6) is 2.67. The Morgan fingerprint density at radius 2 is 1.88 bits per heavy atom. The Balaban J connectivity index is 2.06. The Morgan fingerprint density at radius 3 is 2.44 bits per heavy atom. The van der Waals surface area contributed by atoms with Gasteiger partial charge in [0.25, 0.3) is 0 Å². The van der Waals surface area contributed by atoms with Crippen molar-refractivity contribution in [2.24, 2.45) is 5.92 Å². The molecular weight excluding hydrogens is 220 g/mol. The van der Waals surface area contributed by atoms with Gasteiger partial charge in [0.1, 0.15) is 6.29 Å². The maximum Gasteiger partial charge on any atom is 0.150 e. The lowest BCUT2D eigenvalue weighted by Gasteiger charge is -2.26. The average Bonchev–Trinajstić information content (AvgIpc) is 2.39. The van der Waals surface area contributed by atoms with Crippen LogP contribution in [0, 0.1) is 5.92 Å². The maximum atomic E-state index is 10.5. The molecule has 1 aromatic carbocycles. The molecule has 86 valence electrons. The normalized spacial score (nSPS) is 19.3. The van der Waals surface area contributed by atoms with E-state index in [2.05, 4.69) is 0 Å². The molecular formula is C13H16O2S. The summed E-state index contributed by atoms with van der Waals surface area (Å²) in [5.41, 5.74) is 1.60. The molecule has 1 aliphatic rings. The standard InChI is InChI=1S/C13H16O2S/c14-9-10-1-3-11(4-2-10)13(15)12-5-7-16-8-6-12/h1-4,9,12-13,15H,5-8H2. The first-order chi connectivity index (χ1) is 7.81. The number of aliphatic hydroxyl groups is 1. The molecule has 1 saturated heterocycles. The Labute approximate surface area is 100 Å². The third kappa shape index (κ3) is 2.66. The van der Waals surface area contributed by atoms with Crippen LogP contribution in [0.25, 0.3) is 0 Å². The van der Waals surface area contributed by atoms with Crippen LogP contribution in [0.1, 0.15) is 34.9 Å². The number of hydrogen-bond donors (Lipinski definition) is 1. The van der Waals surface area contributed by atoms with Crippen molar-refractivity contribution in [2.45, 2.75) is 18.9 Å². The molecule has 0 amide bonds. The number of carbonyl (C=O) groups is 1. The van der Waals surface area contributed by atoms with E-state index in [0.29, 0.717) is 11.5 Å². The minimum atomic E-state index is -0.374. The molecule has 1 N–H and O–H groups in total. The number of aldehydes is 1. The second-order valence-corrected chi connectivity index (χ2v) is 5.40. The van der Waals surface area contributed by atoms with Crippen LogP contribution < -0.4 is 0 Å². The van der Waals surface area contributed by atoms with Gasteiger partial charge in [-0.05, 0) is 35.8 Å².